The number of nitrogens with zero attached hydrogens (tertiary/aromatic N) is 1. The van der Waals surface area contributed by atoms with Gasteiger partial charge in [-0.05, 0) is 37.3 Å². The van der Waals surface area contributed by atoms with Gasteiger partial charge in [-0.3, -0.25) is 4.79 Å². The minimum Gasteiger partial charge on any atom is -0.465 e. The van der Waals surface area contributed by atoms with Gasteiger partial charge in [-0.1, -0.05) is 25.3 Å². The van der Waals surface area contributed by atoms with E-state index in [1.54, 1.807) is 11.3 Å². The Balaban J connectivity index is 2.02. The van der Waals surface area contributed by atoms with Gasteiger partial charge in [0.15, 0.2) is 0 Å². The third-order valence-electron chi connectivity index (χ3n) is 4.60. The molecule has 122 valence electrons. The molecular formula is C18H21NO3S. The lowest BCUT2D eigenvalue weighted by Gasteiger charge is -2.32. The molecule has 23 heavy (non-hydrogen) atoms. The molecule has 0 atom stereocenters. The van der Waals surface area contributed by atoms with Crippen LogP contribution in [0.4, 0.5) is 0 Å². The van der Waals surface area contributed by atoms with E-state index in [1.807, 2.05) is 35.4 Å². The second-order valence-electron chi connectivity index (χ2n) is 5.99. The summed E-state index contributed by atoms with van der Waals surface area (Å²) in [6.45, 7) is 1.86. The molecule has 0 N–H and O–H groups in total. The highest BCUT2D eigenvalue weighted by Gasteiger charge is 2.40. The summed E-state index contributed by atoms with van der Waals surface area (Å²) in [6, 6.07) is 4.08. The van der Waals surface area contributed by atoms with Crippen molar-refractivity contribution < 1.29 is 14.3 Å². The molecule has 0 aromatic carbocycles. The number of carbonyl (C=O) groups excluding carboxylic acids is 2. The monoisotopic (exact) mass is 331 g/mol. The van der Waals surface area contributed by atoms with Crippen LogP contribution in [0.1, 0.15) is 43.9 Å². The van der Waals surface area contributed by atoms with Crippen LogP contribution in [0.2, 0.25) is 0 Å². The first-order valence-corrected chi connectivity index (χ1v) is 8.89. The van der Waals surface area contributed by atoms with Crippen LogP contribution in [0.15, 0.2) is 34.4 Å². The predicted octanol–water partition coefficient (Wildman–Crippen LogP) is 3.75. The summed E-state index contributed by atoms with van der Waals surface area (Å²) in [5.41, 5.74) is 1.61. The number of hydrogen-bond donors (Lipinski definition) is 0. The Morgan fingerprint density at radius 3 is 2.70 bits per heavy atom. The van der Waals surface area contributed by atoms with E-state index in [4.69, 9.17) is 4.74 Å². The summed E-state index contributed by atoms with van der Waals surface area (Å²) in [5, 5.41) is 1.96. The largest absolute Gasteiger partial charge is 0.465 e. The fourth-order valence-electron chi connectivity index (χ4n) is 3.49. The number of rotatable bonds is 3. The van der Waals surface area contributed by atoms with Crippen molar-refractivity contribution in [3.63, 3.8) is 0 Å². The van der Waals surface area contributed by atoms with Crippen molar-refractivity contribution in [2.45, 2.75) is 45.1 Å². The Morgan fingerprint density at radius 1 is 1.35 bits per heavy atom. The number of allylic oxidation sites excluding steroid dienone is 1. The van der Waals surface area contributed by atoms with Crippen molar-refractivity contribution in [3.05, 3.63) is 39.2 Å². The smallest absolute Gasteiger partial charge is 0.340 e. The molecule has 1 aromatic rings. The lowest BCUT2D eigenvalue weighted by Crippen LogP contribution is -2.37. The minimum absolute atomic E-state index is 0.0665. The fourth-order valence-corrected chi connectivity index (χ4v) is 4.15. The van der Waals surface area contributed by atoms with E-state index < -0.39 is 5.97 Å². The molecule has 0 unspecified atom stereocenters. The van der Waals surface area contributed by atoms with Gasteiger partial charge in [-0.15, -0.1) is 11.3 Å². The third kappa shape index (κ3) is 2.98. The number of esters is 1. The number of amides is 1. The first-order valence-electron chi connectivity index (χ1n) is 8.02. The van der Waals surface area contributed by atoms with Crippen LogP contribution < -0.4 is 0 Å². The zero-order chi connectivity index (χ0) is 16.4. The maximum absolute atomic E-state index is 13.0. The third-order valence-corrected chi connectivity index (χ3v) is 5.42. The summed E-state index contributed by atoms with van der Waals surface area (Å²) in [7, 11) is 1.36. The van der Waals surface area contributed by atoms with Crippen LogP contribution >= 0.6 is 11.3 Å². The first kappa shape index (κ1) is 16.0. The van der Waals surface area contributed by atoms with E-state index >= 15 is 0 Å². The van der Waals surface area contributed by atoms with Crippen LogP contribution in [-0.4, -0.2) is 29.9 Å². The Morgan fingerprint density at radius 2 is 2.09 bits per heavy atom. The standard InChI is InChI=1S/C18H21NO3S/c1-12-16(18(21)22-2)15(11-14-9-6-10-23-14)17(20)19(12)13-7-4-3-5-8-13/h6,9-11,13H,3-5,7-8H2,1-2H3/b15-11-. The summed E-state index contributed by atoms with van der Waals surface area (Å²) in [6.07, 6.45) is 7.32. The summed E-state index contributed by atoms with van der Waals surface area (Å²) in [4.78, 5) is 28.0. The number of carbonyl (C=O) groups is 2. The van der Waals surface area contributed by atoms with E-state index in [9.17, 15) is 9.59 Å². The Labute approximate surface area is 140 Å². The van der Waals surface area contributed by atoms with Gasteiger partial charge in [0.1, 0.15) is 0 Å². The van der Waals surface area contributed by atoms with Crippen LogP contribution in [0.25, 0.3) is 6.08 Å². The normalized spacial score (nSPS) is 21.4. The second kappa shape index (κ2) is 6.71. The van der Waals surface area contributed by atoms with E-state index in [-0.39, 0.29) is 11.9 Å². The van der Waals surface area contributed by atoms with Crippen molar-refractivity contribution in [1.82, 2.24) is 4.90 Å². The molecule has 0 bridgehead atoms. The van der Waals surface area contributed by atoms with Gasteiger partial charge in [0.05, 0.1) is 18.3 Å². The number of methoxy groups -OCH3 is 1. The maximum atomic E-state index is 13.0. The molecule has 2 heterocycles. The lowest BCUT2D eigenvalue weighted by molar-refractivity contribution is -0.136. The number of thiophene rings is 1. The minimum atomic E-state index is -0.433. The van der Waals surface area contributed by atoms with Crippen LogP contribution in [0, 0.1) is 0 Å². The van der Waals surface area contributed by atoms with Gasteiger partial charge in [0.25, 0.3) is 5.91 Å². The van der Waals surface area contributed by atoms with Crippen LogP contribution in [0.3, 0.4) is 0 Å². The second-order valence-corrected chi connectivity index (χ2v) is 6.97. The summed E-state index contributed by atoms with van der Waals surface area (Å²) in [5.74, 6) is -0.500. The van der Waals surface area contributed by atoms with Crippen LogP contribution in [-0.2, 0) is 14.3 Å². The topological polar surface area (TPSA) is 46.6 Å². The molecule has 1 aliphatic heterocycles. The molecule has 4 nitrogen and oxygen atoms in total. The highest BCUT2D eigenvalue weighted by molar-refractivity contribution is 7.10. The van der Waals surface area contributed by atoms with E-state index in [0.29, 0.717) is 11.1 Å². The average Bonchev–Trinajstić information content (AvgIpc) is 3.15. The van der Waals surface area contributed by atoms with Crippen molar-refractivity contribution in [1.29, 1.82) is 0 Å². The highest BCUT2D eigenvalue weighted by Crippen LogP contribution is 2.37. The first-order chi connectivity index (χ1) is 11.1. The van der Waals surface area contributed by atoms with Crippen molar-refractivity contribution >= 4 is 29.3 Å². The highest BCUT2D eigenvalue weighted by atomic mass is 32.1. The van der Waals surface area contributed by atoms with Gasteiger partial charge in [-0.2, -0.15) is 0 Å². The van der Waals surface area contributed by atoms with E-state index in [0.717, 1.165) is 36.3 Å². The van der Waals surface area contributed by atoms with Crippen molar-refractivity contribution in [3.8, 4) is 0 Å². The quantitative estimate of drug-likeness (QED) is 0.626. The van der Waals surface area contributed by atoms with Gasteiger partial charge < -0.3 is 9.64 Å². The zero-order valence-electron chi connectivity index (χ0n) is 13.5. The van der Waals surface area contributed by atoms with Crippen molar-refractivity contribution in [2.75, 3.05) is 7.11 Å². The Bertz CT molecular complexity index is 666. The van der Waals surface area contributed by atoms with Gasteiger partial charge in [0.2, 0.25) is 0 Å². The summed E-state index contributed by atoms with van der Waals surface area (Å²) < 4.78 is 4.92. The van der Waals surface area contributed by atoms with E-state index in [1.165, 1.54) is 13.5 Å². The Kier molecular flexibility index (Phi) is 4.66. The van der Waals surface area contributed by atoms with Gasteiger partial charge >= 0.3 is 5.97 Å². The number of ether oxygens (including phenoxy) is 1. The molecule has 1 aromatic heterocycles. The summed E-state index contributed by atoms with van der Waals surface area (Å²) >= 11 is 1.55. The molecule has 1 fully saturated rings. The predicted molar refractivity (Wildman–Crippen MR) is 90.7 cm³/mol. The molecule has 3 rings (SSSR count). The molecule has 5 heteroatoms. The molecule has 1 aliphatic carbocycles. The molecule has 2 aliphatic rings. The zero-order valence-corrected chi connectivity index (χ0v) is 14.3. The number of hydrogen-bond acceptors (Lipinski definition) is 4. The maximum Gasteiger partial charge on any atom is 0.340 e. The molecule has 1 amide bonds. The molecular weight excluding hydrogens is 310 g/mol. The molecule has 0 spiro atoms. The van der Waals surface area contributed by atoms with Crippen LogP contribution in [0.5, 0.6) is 0 Å². The average molecular weight is 331 g/mol. The van der Waals surface area contributed by atoms with Gasteiger partial charge in [-0.25, -0.2) is 4.79 Å². The molecule has 1 saturated carbocycles. The van der Waals surface area contributed by atoms with E-state index in [2.05, 4.69) is 0 Å². The molecule has 0 radical (unpaired) electrons. The van der Waals surface area contributed by atoms with Gasteiger partial charge in [0, 0.05) is 16.6 Å². The lowest BCUT2D eigenvalue weighted by atomic mass is 9.94. The SMILES string of the molecule is COC(=O)C1=C(C)N(C2CCCCC2)C(=O)/C1=C\c1cccs1. The Hall–Kier alpha value is -1.88. The van der Waals surface area contributed by atoms with Crippen molar-refractivity contribution in [2.24, 2.45) is 0 Å². The molecule has 0 saturated heterocycles. The fraction of sp³-hybridized carbons (Fsp3) is 0.444.